The largest absolute Gasteiger partial charge is 0.478 e. The zero-order valence-electron chi connectivity index (χ0n) is 11.0. The first-order chi connectivity index (χ1) is 8.70. The van der Waals surface area contributed by atoms with Crippen molar-refractivity contribution in [3.8, 4) is 5.88 Å². The number of ether oxygens (including phenoxy) is 1. The van der Waals surface area contributed by atoms with Gasteiger partial charge in [0.2, 0.25) is 5.88 Å². The van der Waals surface area contributed by atoms with E-state index in [4.69, 9.17) is 9.84 Å². The van der Waals surface area contributed by atoms with Crippen molar-refractivity contribution in [1.29, 1.82) is 0 Å². The Morgan fingerprint density at radius 3 is 2.58 bits per heavy atom. The number of hydrogen-bond donors (Lipinski definition) is 1. The predicted molar refractivity (Wildman–Crippen MR) is 71.9 cm³/mol. The molecule has 0 spiro atoms. The molecule has 1 aromatic rings. The van der Waals surface area contributed by atoms with Crippen LogP contribution in [0, 0.1) is 0 Å². The van der Waals surface area contributed by atoms with Crippen LogP contribution >= 0.6 is 10.0 Å². The third-order valence-electron chi connectivity index (χ3n) is 2.32. The van der Waals surface area contributed by atoms with Gasteiger partial charge in [0.1, 0.15) is 0 Å². The van der Waals surface area contributed by atoms with E-state index in [1.165, 1.54) is 0 Å². The molecule has 0 aromatic carbocycles. The van der Waals surface area contributed by atoms with Crippen LogP contribution in [0.15, 0.2) is 12.3 Å². The van der Waals surface area contributed by atoms with Gasteiger partial charge < -0.3 is 9.84 Å². The van der Waals surface area contributed by atoms with E-state index in [1.807, 2.05) is 0 Å². The lowest BCUT2D eigenvalue weighted by Crippen LogP contribution is -2.11. The van der Waals surface area contributed by atoms with E-state index >= 15 is 0 Å². The average molecular weight is 293 g/mol. The molecule has 0 saturated carbocycles. The first-order valence-electron chi connectivity index (χ1n) is 5.51. The molecule has 0 unspecified atom stereocenters. The lowest BCUT2D eigenvalue weighted by Gasteiger charge is -2.24. The maximum absolute atomic E-state index is 12.7. The third-order valence-corrected chi connectivity index (χ3v) is 3.71. The number of pyridine rings is 1. The monoisotopic (exact) mass is 293 g/mol. The molecule has 1 rings (SSSR count). The van der Waals surface area contributed by atoms with E-state index in [0.717, 1.165) is 18.0 Å². The Labute approximate surface area is 112 Å². The quantitative estimate of drug-likeness (QED) is 0.876. The lowest BCUT2D eigenvalue weighted by molar-refractivity contribution is 0.0683. The highest BCUT2D eigenvalue weighted by Crippen LogP contribution is 2.33. The fourth-order valence-corrected chi connectivity index (χ4v) is 1.87. The van der Waals surface area contributed by atoms with Gasteiger partial charge in [-0.3, -0.25) is 0 Å². The summed E-state index contributed by atoms with van der Waals surface area (Å²) in [6, 6.07) is 0.992. The Kier molecular flexibility index (Phi) is 5.11. The van der Waals surface area contributed by atoms with Gasteiger partial charge in [0, 0.05) is 23.6 Å². The van der Waals surface area contributed by atoms with E-state index < -0.39 is 33.5 Å². The molecular formula is C12H17F2NO3S. The minimum atomic E-state index is -2.87. The van der Waals surface area contributed by atoms with Crippen molar-refractivity contribution in [2.75, 3.05) is 31.1 Å². The van der Waals surface area contributed by atoms with Gasteiger partial charge in [0.15, 0.2) is 0 Å². The van der Waals surface area contributed by atoms with E-state index in [1.54, 1.807) is 0 Å². The molecule has 0 bridgehead atoms. The van der Waals surface area contributed by atoms with Crippen molar-refractivity contribution in [3.05, 3.63) is 23.4 Å². The van der Waals surface area contributed by atoms with Crippen LogP contribution in [0.5, 0.6) is 5.88 Å². The molecule has 0 aliphatic heterocycles. The summed E-state index contributed by atoms with van der Waals surface area (Å²) in [6.07, 6.45) is 4.37. The van der Waals surface area contributed by atoms with E-state index in [2.05, 4.69) is 23.8 Å². The van der Waals surface area contributed by atoms with Crippen LogP contribution in [0.1, 0.15) is 22.3 Å². The molecular weight excluding hydrogens is 276 g/mol. The number of nitrogens with zero attached hydrogens (tertiary/aromatic N) is 1. The first kappa shape index (κ1) is 15.7. The molecule has 0 aliphatic carbocycles. The summed E-state index contributed by atoms with van der Waals surface area (Å²) in [6.45, 7) is 0.376. The molecule has 1 N–H and O–H groups in total. The number of halogens is 2. The molecule has 4 nitrogen and oxygen atoms in total. The van der Waals surface area contributed by atoms with E-state index in [0.29, 0.717) is 6.61 Å². The summed E-state index contributed by atoms with van der Waals surface area (Å²) in [5.41, 5.74) is -1.07. The molecule has 0 fully saturated rings. The lowest BCUT2D eigenvalue weighted by atomic mass is 10.1. The Hall–Kier alpha value is -1.37. The number of rotatable bonds is 6. The highest BCUT2D eigenvalue weighted by Gasteiger charge is 2.19. The standard InChI is InChI=1S/C12H17F2NO3S/c1-19(2,3)5-4-18-10-6-8(11(13)14)9(7-15-10)12(16)17/h6-7,11H,4-5H2,1-3H3,(H,16,17). The summed E-state index contributed by atoms with van der Waals surface area (Å²) in [5.74, 6) is -0.572. The fraction of sp³-hybridized carbons (Fsp3) is 0.500. The Bertz CT molecular complexity index is 461. The summed E-state index contributed by atoms with van der Waals surface area (Å²) in [7, 11) is -0.737. The first-order valence-corrected chi connectivity index (χ1v) is 8.53. The minimum Gasteiger partial charge on any atom is -0.478 e. The normalized spacial score (nSPS) is 12.5. The molecule has 7 heteroatoms. The summed E-state index contributed by atoms with van der Waals surface area (Å²) in [4.78, 5) is 14.5. The number of carboxylic acids is 1. The second-order valence-corrected chi connectivity index (χ2v) is 9.45. The van der Waals surface area contributed by atoms with Crippen LogP contribution < -0.4 is 4.74 Å². The number of aromatic nitrogens is 1. The van der Waals surface area contributed by atoms with Crippen molar-refractivity contribution in [3.63, 3.8) is 0 Å². The van der Waals surface area contributed by atoms with Crippen LogP contribution in [0.3, 0.4) is 0 Å². The van der Waals surface area contributed by atoms with Crippen LogP contribution in [-0.2, 0) is 0 Å². The maximum Gasteiger partial charge on any atom is 0.337 e. The Morgan fingerprint density at radius 2 is 2.11 bits per heavy atom. The van der Waals surface area contributed by atoms with Crippen LogP contribution in [-0.4, -0.2) is 47.2 Å². The van der Waals surface area contributed by atoms with E-state index in [-0.39, 0.29) is 5.88 Å². The van der Waals surface area contributed by atoms with E-state index in [9.17, 15) is 13.6 Å². The number of carboxylic acid groups (broad SMARTS) is 1. The number of hydrogen-bond acceptors (Lipinski definition) is 3. The minimum absolute atomic E-state index is 0.0314. The molecule has 0 atom stereocenters. The maximum atomic E-state index is 12.7. The summed E-state index contributed by atoms with van der Waals surface area (Å²) >= 11 is 0. The summed E-state index contributed by atoms with van der Waals surface area (Å²) in [5, 5.41) is 8.78. The predicted octanol–water partition coefficient (Wildman–Crippen LogP) is 2.79. The molecule has 108 valence electrons. The van der Waals surface area contributed by atoms with Gasteiger partial charge >= 0.3 is 5.97 Å². The molecule has 19 heavy (non-hydrogen) atoms. The van der Waals surface area contributed by atoms with Gasteiger partial charge in [-0.2, -0.15) is 0 Å². The smallest absolute Gasteiger partial charge is 0.337 e. The van der Waals surface area contributed by atoms with Gasteiger partial charge in [-0.05, 0) is 18.8 Å². The Morgan fingerprint density at radius 1 is 1.47 bits per heavy atom. The summed E-state index contributed by atoms with van der Waals surface area (Å²) < 4.78 is 30.8. The highest BCUT2D eigenvalue weighted by molar-refractivity contribution is 8.32. The topological polar surface area (TPSA) is 59.4 Å². The SMILES string of the molecule is CS(C)(C)CCOc1cc(C(F)F)c(C(=O)O)cn1. The molecule has 0 aliphatic rings. The van der Waals surface area contributed by atoms with Crippen LogP contribution in [0.25, 0.3) is 0 Å². The van der Waals surface area contributed by atoms with Crippen LogP contribution in [0.4, 0.5) is 8.78 Å². The van der Waals surface area contributed by atoms with Crippen molar-refractivity contribution in [1.82, 2.24) is 4.98 Å². The second-order valence-electron chi connectivity index (χ2n) is 4.86. The average Bonchev–Trinajstić information content (AvgIpc) is 2.26. The third kappa shape index (κ3) is 5.02. The second kappa shape index (κ2) is 6.18. The molecule has 0 saturated heterocycles. The van der Waals surface area contributed by atoms with Gasteiger partial charge in [-0.1, -0.05) is 0 Å². The molecule has 0 radical (unpaired) electrons. The number of aromatic carboxylic acids is 1. The van der Waals surface area contributed by atoms with Crippen molar-refractivity contribution < 1.29 is 23.4 Å². The van der Waals surface area contributed by atoms with Gasteiger partial charge in [-0.25, -0.2) is 28.6 Å². The molecule has 1 heterocycles. The number of carbonyl (C=O) groups is 1. The Balaban J connectivity index is 2.82. The number of alkyl halides is 2. The molecule has 1 aromatic heterocycles. The zero-order chi connectivity index (χ0) is 14.6. The van der Waals surface area contributed by atoms with Gasteiger partial charge in [0.05, 0.1) is 12.2 Å². The van der Waals surface area contributed by atoms with Gasteiger partial charge in [0.25, 0.3) is 6.43 Å². The van der Waals surface area contributed by atoms with Crippen LogP contribution in [0.2, 0.25) is 0 Å². The highest BCUT2D eigenvalue weighted by atomic mass is 32.3. The van der Waals surface area contributed by atoms with Crippen molar-refractivity contribution in [2.45, 2.75) is 6.43 Å². The molecule has 0 amide bonds. The fourth-order valence-electron chi connectivity index (χ4n) is 1.29. The van der Waals surface area contributed by atoms with Crippen molar-refractivity contribution >= 4 is 16.0 Å². The van der Waals surface area contributed by atoms with Gasteiger partial charge in [-0.15, -0.1) is 0 Å². The zero-order valence-corrected chi connectivity index (χ0v) is 11.8. The van der Waals surface area contributed by atoms with Crippen molar-refractivity contribution in [2.24, 2.45) is 0 Å².